The van der Waals surface area contributed by atoms with Gasteiger partial charge in [0.05, 0.1) is 36.6 Å². The second-order valence-electron chi connectivity index (χ2n) is 7.82. The summed E-state index contributed by atoms with van der Waals surface area (Å²) in [6, 6.07) is 8.56. The van der Waals surface area contributed by atoms with Gasteiger partial charge in [0.15, 0.2) is 5.75 Å². The molecule has 1 fully saturated rings. The van der Waals surface area contributed by atoms with Crippen molar-refractivity contribution < 1.29 is 33.9 Å². The van der Waals surface area contributed by atoms with Gasteiger partial charge in [-0.15, -0.1) is 0 Å². The minimum absolute atomic E-state index is 0.0763. The van der Waals surface area contributed by atoms with E-state index in [4.69, 9.17) is 27.9 Å². The van der Waals surface area contributed by atoms with Gasteiger partial charge in [0.2, 0.25) is 5.75 Å². The van der Waals surface area contributed by atoms with Crippen LogP contribution in [-0.4, -0.2) is 32.6 Å². The van der Waals surface area contributed by atoms with Crippen molar-refractivity contribution in [3.8, 4) is 11.5 Å². The van der Waals surface area contributed by atoms with E-state index >= 15 is 0 Å². The van der Waals surface area contributed by atoms with E-state index in [2.05, 4.69) is 0 Å². The molecule has 40 heavy (non-hydrogen) atoms. The summed E-state index contributed by atoms with van der Waals surface area (Å²) in [6.45, 7) is 0. The Labute approximate surface area is 231 Å². The highest BCUT2D eigenvalue weighted by Crippen LogP contribution is 2.41. The molecule has 15 nitrogen and oxygen atoms in total. The van der Waals surface area contributed by atoms with Crippen LogP contribution in [0.5, 0.6) is 11.5 Å². The molecule has 0 atom stereocenters. The number of nitrogens with zero attached hydrogens (tertiary/aromatic N) is 4. The summed E-state index contributed by atoms with van der Waals surface area (Å²) in [4.78, 5) is 69.5. The fourth-order valence-electron chi connectivity index (χ4n) is 3.52. The van der Waals surface area contributed by atoms with Crippen molar-refractivity contribution in [1.82, 2.24) is 5.32 Å². The average Bonchev–Trinajstić information content (AvgIpc) is 2.88. The summed E-state index contributed by atoms with van der Waals surface area (Å²) >= 11 is 12.5. The minimum atomic E-state index is -1.13. The second-order valence-corrected chi connectivity index (χ2v) is 8.63. The Morgan fingerprint density at radius 3 is 2.05 bits per heavy atom. The molecule has 3 aromatic rings. The summed E-state index contributed by atoms with van der Waals surface area (Å²) < 4.78 is 5.47. The van der Waals surface area contributed by atoms with Gasteiger partial charge in [-0.3, -0.25) is 45.2 Å². The highest BCUT2D eigenvalue weighted by molar-refractivity contribution is 6.40. The van der Waals surface area contributed by atoms with Crippen molar-refractivity contribution in [3.05, 3.63) is 106 Å². The monoisotopic (exact) mass is 587 g/mol. The summed E-state index contributed by atoms with van der Waals surface area (Å²) in [5, 5.41) is 35.0. The van der Waals surface area contributed by atoms with Crippen LogP contribution >= 0.6 is 23.2 Å². The molecule has 0 aromatic heterocycles. The third-order valence-electron chi connectivity index (χ3n) is 5.29. The normalized spacial score (nSPS) is 14.2. The van der Waals surface area contributed by atoms with Gasteiger partial charge in [-0.1, -0.05) is 29.3 Å². The third kappa shape index (κ3) is 5.40. The van der Waals surface area contributed by atoms with Gasteiger partial charge in [0.1, 0.15) is 5.57 Å². The number of urea groups is 1. The van der Waals surface area contributed by atoms with Gasteiger partial charge >= 0.3 is 11.7 Å². The largest absolute Gasteiger partial charge is 0.447 e. The van der Waals surface area contributed by atoms with E-state index in [1.807, 2.05) is 5.32 Å². The standard InChI is InChI=1S/C23H11Cl2N5O10/c24-16-7-11(8-17(25)20(16)40-19-5-4-14(29(36)37)10-18(19)30(38)39)6-15-21(31)26-23(33)27(22(15)32)12-2-1-3-13(9-12)28(34)35/h1-10H,(H,26,31,33)/b15-6+. The van der Waals surface area contributed by atoms with Crippen LogP contribution in [0, 0.1) is 30.3 Å². The van der Waals surface area contributed by atoms with E-state index in [1.165, 1.54) is 24.3 Å². The smallest absolute Gasteiger partial charge is 0.335 e. The number of amides is 4. The van der Waals surface area contributed by atoms with Gasteiger partial charge in [0, 0.05) is 18.2 Å². The number of hydrogen-bond donors (Lipinski definition) is 1. The SMILES string of the molecule is O=C1NC(=O)N(c2cccc([N+](=O)[O-])c2)C(=O)/C1=C/c1cc(Cl)c(Oc2ccc([N+](=O)[O-])cc2[N+](=O)[O-])c(Cl)c1. The number of ether oxygens (including phenoxy) is 1. The quantitative estimate of drug-likeness (QED) is 0.166. The number of carbonyl (C=O) groups excluding carboxylic acids is 3. The third-order valence-corrected chi connectivity index (χ3v) is 5.86. The maximum absolute atomic E-state index is 13.1. The molecular weight excluding hydrogens is 577 g/mol. The van der Waals surface area contributed by atoms with Crippen molar-refractivity contribution in [1.29, 1.82) is 0 Å². The lowest BCUT2D eigenvalue weighted by atomic mass is 10.1. The molecule has 0 spiro atoms. The molecule has 0 radical (unpaired) electrons. The first kappa shape index (κ1) is 27.6. The summed E-state index contributed by atoms with van der Waals surface area (Å²) in [5.74, 6) is -2.83. The highest BCUT2D eigenvalue weighted by Gasteiger charge is 2.37. The fraction of sp³-hybridized carbons (Fsp3) is 0. The lowest BCUT2D eigenvalue weighted by Gasteiger charge is -2.26. The van der Waals surface area contributed by atoms with Crippen LogP contribution in [0.25, 0.3) is 6.08 Å². The number of barbiturate groups is 1. The molecule has 1 saturated heterocycles. The molecule has 1 aliphatic rings. The zero-order valence-corrected chi connectivity index (χ0v) is 20.9. The number of nitro groups is 3. The van der Waals surface area contributed by atoms with E-state index in [-0.39, 0.29) is 27.0 Å². The molecule has 202 valence electrons. The number of benzene rings is 3. The van der Waals surface area contributed by atoms with Gasteiger partial charge in [-0.25, -0.2) is 9.69 Å². The molecule has 3 aromatic carbocycles. The number of hydrogen-bond acceptors (Lipinski definition) is 10. The first-order chi connectivity index (χ1) is 18.9. The lowest BCUT2D eigenvalue weighted by Crippen LogP contribution is -2.54. The van der Waals surface area contributed by atoms with Crippen LogP contribution in [0.4, 0.5) is 27.5 Å². The number of non-ortho nitro benzene ring substituents is 2. The van der Waals surface area contributed by atoms with E-state index in [1.54, 1.807) is 0 Å². The number of carbonyl (C=O) groups is 3. The Hall–Kier alpha value is -5.41. The number of nitro benzene ring substituents is 3. The molecule has 0 unspecified atom stereocenters. The molecule has 0 bridgehead atoms. The van der Waals surface area contributed by atoms with E-state index < -0.39 is 61.0 Å². The Morgan fingerprint density at radius 1 is 0.825 bits per heavy atom. The second kappa shape index (κ2) is 10.8. The van der Waals surface area contributed by atoms with Crippen molar-refractivity contribution in [2.45, 2.75) is 0 Å². The zero-order chi connectivity index (χ0) is 29.3. The van der Waals surface area contributed by atoms with Crippen LogP contribution in [-0.2, 0) is 9.59 Å². The molecular formula is C23H11Cl2N5O10. The van der Waals surface area contributed by atoms with Crippen molar-refractivity contribution >= 4 is 69.9 Å². The zero-order valence-electron chi connectivity index (χ0n) is 19.4. The van der Waals surface area contributed by atoms with E-state index in [0.29, 0.717) is 11.0 Å². The van der Waals surface area contributed by atoms with Crippen molar-refractivity contribution in [2.24, 2.45) is 0 Å². The van der Waals surface area contributed by atoms with Crippen molar-refractivity contribution in [2.75, 3.05) is 4.90 Å². The van der Waals surface area contributed by atoms with E-state index in [0.717, 1.165) is 30.3 Å². The molecule has 17 heteroatoms. The Balaban J connectivity index is 1.69. The maximum Gasteiger partial charge on any atom is 0.335 e. The Bertz CT molecular complexity index is 1670. The van der Waals surface area contributed by atoms with Crippen LogP contribution in [0.15, 0.2) is 60.2 Å². The van der Waals surface area contributed by atoms with Gasteiger partial charge in [-0.2, -0.15) is 0 Å². The fourth-order valence-corrected chi connectivity index (χ4v) is 4.10. The Kier molecular flexibility index (Phi) is 7.43. The number of rotatable bonds is 7. The van der Waals surface area contributed by atoms with Gasteiger partial charge < -0.3 is 4.74 Å². The first-order valence-corrected chi connectivity index (χ1v) is 11.4. The minimum Gasteiger partial charge on any atom is -0.447 e. The topological polar surface area (TPSA) is 205 Å². The molecule has 1 aliphatic heterocycles. The summed E-state index contributed by atoms with van der Waals surface area (Å²) in [5.41, 5.74) is -2.32. The highest BCUT2D eigenvalue weighted by atomic mass is 35.5. The van der Waals surface area contributed by atoms with Crippen molar-refractivity contribution in [3.63, 3.8) is 0 Å². The number of nitrogens with one attached hydrogen (secondary N) is 1. The average molecular weight is 588 g/mol. The summed E-state index contributed by atoms with van der Waals surface area (Å²) in [7, 11) is 0. The van der Waals surface area contributed by atoms with Crippen LogP contribution < -0.4 is 15.0 Å². The van der Waals surface area contributed by atoms with Crippen LogP contribution in [0.3, 0.4) is 0 Å². The molecule has 4 rings (SSSR count). The number of halogens is 2. The van der Waals surface area contributed by atoms with E-state index in [9.17, 15) is 44.7 Å². The first-order valence-electron chi connectivity index (χ1n) is 10.6. The molecule has 1 heterocycles. The summed E-state index contributed by atoms with van der Waals surface area (Å²) in [6.07, 6.45) is 1.05. The van der Waals surface area contributed by atoms with Crippen LogP contribution in [0.1, 0.15) is 5.56 Å². The molecule has 1 N–H and O–H groups in total. The van der Waals surface area contributed by atoms with Crippen LogP contribution in [0.2, 0.25) is 10.0 Å². The molecule has 4 amide bonds. The Morgan fingerprint density at radius 2 is 1.45 bits per heavy atom. The maximum atomic E-state index is 13.1. The lowest BCUT2D eigenvalue weighted by molar-refractivity contribution is -0.394. The molecule has 0 saturated carbocycles. The predicted octanol–water partition coefficient (Wildman–Crippen LogP) is 5.18. The van der Waals surface area contributed by atoms with Gasteiger partial charge in [-0.05, 0) is 35.9 Å². The predicted molar refractivity (Wildman–Crippen MR) is 138 cm³/mol. The van der Waals surface area contributed by atoms with Gasteiger partial charge in [0.25, 0.3) is 23.2 Å². The number of imide groups is 2. The molecule has 0 aliphatic carbocycles. The number of anilines is 1.